The fourth-order valence-corrected chi connectivity index (χ4v) is 1.90. The third-order valence-corrected chi connectivity index (χ3v) is 2.81. The first-order valence-corrected chi connectivity index (χ1v) is 6.79. The van der Waals surface area contributed by atoms with E-state index in [1.54, 1.807) is 4.90 Å². The minimum atomic E-state index is -0.0102. The number of carbonyl (C=O) groups is 1. The molecule has 1 aromatic rings. The maximum Gasteiger partial charge on any atom is 0.253 e. The van der Waals surface area contributed by atoms with Crippen molar-refractivity contribution in [3.05, 3.63) is 29.8 Å². The molecule has 106 valence electrons. The molecule has 0 heterocycles. The van der Waals surface area contributed by atoms with Crippen LogP contribution in [0.3, 0.4) is 0 Å². The van der Waals surface area contributed by atoms with Crippen molar-refractivity contribution < 1.29 is 9.53 Å². The lowest BCUT2D eigenvalue weighted by Crippen LogP contribution is -2.39. The van der Waals surface area contributed by atoms with Crippen molar-refractivity contribution >= 4 is 11.6 Å². The van der Waals surface area contributed by atoms with Gasteiger partial charge in [-0.15, -0.1) is 0 Å². The SMILES string of the molecule is CCCOCC(=O)N(c1ccc(CN)cc1)C(C)C. The Morgan fingerprint density at radius 1 is 1.32 bits per heavy atom. The molecule has 1 rings (SSSR count). The van der Waals surface area contributed by atoms with Gasteiger partial charge in [0.05, 0.1) is 0 Å². The van der Waals surface area contributed by atoms with Crippen molar-refractivity contribution in [1.29, 1.82) is 0 Å². The first-order chi connectivity index (χ1) is 9.10. The standard InChI is InChI=1S/C15H24N2O2/c1-4-9-19-11-15(18)17(12(2)3)14-7-5-13(10-16)6-8-14/h5-8,12H,4,9-11,16H2,1-3H3. The molecule has 0 radical (unpaired) electrons. The van der Waals surface area contributed by atoms with Crippen LogP contribution in [-0.2, 0) is 16.1 Å². The van der Waals surface area contributed by atoms with Gasteiger partial charge in [0.25, 0.3) is 5.91 Å². The average molecular weight is 264 g/mol. The van der Waals surface area contributed by atoms with Gasteiger partial charge >= 0.3 is 0 Å². The Balaban J connectivity index is 2.78. The molecule has 4 nitrogen and oxygen atoms in total. The molecular formula is C15H24N2O2. The van der Waals surface area contributed by atoms with Crippen LogP contribution in [0.15, 0.2) is 24.3 Å². The summed E-state index contributed by atoms with van der Waals surface area (Å²) in [5.74, 6) is -0.0102. The first kappa shape index (κ1) is 15.7. The van der Waals surface area contributed by atoms with Crippen molar-refractivity contribution in [2.45, 2.75) is 39.8 Å². The summed E-state index contributed by atoms with van der Waals surface area (Å²) in [7, 11) is 0. The lowest BCUT2D eigenvalue weighted by atomic mass is 10.1. The number of ether oxygens (including phenoxy) is 1. The van der Waals surface area contributed by atoms with Crippen LogP contribution >= 0.6 is 0 Å². The highest BCUT2D eigenvalue weighted by molar-refractivity contribution is 5.94. The lowest BCUT2D eigenvalue weighted by molar-refractivity contribution is -0.123. The Hall–Kier alpha value is -1.39. The average Bonchev–Trinajstić information content (AvgIpc) is 2.39. The van der Waals surface area contributed by atoms with Crippen LogP contribution in [0.25, 0.3) is 0 Å². The van der Waals surface area contributed by atoms with Gasteiger partial charge in [0.2, 0.25) is 0 Å². The predicted octanol–water partition coefficient (Wildman–Crippen LogP) is 2.31. The smallest absolute Gasteiger partial charge is 0.253 e. The zero-order valence-electron chi connectivity index (χ0n) is 12.1. The molecule has 0 aromatic heterocycles. The van der Waals surface area contributed by atoms with Gasteiger partial charge in [0.15, 0.2) is 0 Å². The molecule has 0 fully saturated rings. The molecule has 4 heteroatoms. The Labute approximate surface area is 115 Å². The minimum Gasteiger partial charge on any atom is -0.372 e. The van der Waals surface area contributed by atoms with Crippen LogP contribution < -0.4 is 10.6 Å². The summed E-state index contributed by atoms with van der Waals surface area (Å²) in [5, 5.41) is 0. The molecule has 1 amide bonds. The Morgan fingerprint density at radius 3 is 2.42 bits per heavy atom. The zero-order chi connectivity index (χ0) is 14.3. The highest BCUT2D eigenvalue weighted by atomic mass is 16.5. The van der Waals surface area contributed by atoms with Gasteiger partial charge in [-0.2, -0.15) is 0 Å². The largest absolute Gasteiger partial charge is 0.372 e. The van der Waals surface area contributed by atoms with E-state index in [2.05, 4.69) is 0 Å². The highest BCUT2D eigenvalue weighted by Gasteiger charge is 2.18. The molecule has 1 aromatic carbocycles. The van der Waals surface area contributed by atoms with Crippen LogP contribution in [0.1, 0.15) is 32.8 Å². The van der Waals surface area contributed by atoms with Gasteiger partial charge in [-0.3, -0.25) is 4.79 Å². The van der Waals surface area contributed by atoms with E-state index in [-0.39, 0.29) is 18.6 Å². The minimum absolute atomic E-state index is 0.0102. The summed E-state index contributed by atoms with van der Waals surface area (Å²) in [5.41, 5.74) is 7.52. The van der Waals surface area contributed by atoms with E-state index in [4.69, 9.17) is 10.5 Å². The second-order valence-corrected chi connectivity index (χ2v) is 4.78. The third-order valence-electron chi connectivity index (χ3n) is 2.81. The van der Waals surface area contributed by atoms with Gasteiger partial charge in [0, 0.05) is 24.9 Å². The maximum absolute atomic E-state index is 12.2. The highest BCUT2D eigenvalue weighted by Crippen LogP contribution is 2.18. The van der Waals surface area contributed by atoms with E-state index in [0.717, 1.165) is 17.7 Å². The van der Waals surface area contributed by atoms with Crippen molar-refractivity contribution in [3.8, 4) is 0 Å². The van der Waals surface area contributed by atoms with Crippen LogP contribution in [0.4, 0.5) is 5.69 Å². The van der Waals surface area contributed by atoms with E-state index in [1.165, 1.54) is 0 Å². The molecule has 0 saturated heterocycles. The molecule has 0 saturated carbocycles. The summed E-state index contributed by atoms with van der Waals surface area (Å²) in [6, 6.07) is 7.86. The van der Waals surface area contributed by atoms with E-state index in [1.807, 2.05) is 45.0 Å². The van der Waals surface area contributed by atoms with E-state index in [0.29, 0.717) is 13.2 Å². The van der Waals surface area contributed by atoms with Crippen LogP contribution in [0.2, 0.25) is 0 Å². The fraction of sp³-hybridized carbons (Fsp3) is 0.533. The number of hydrogen-bond donors (Lipinski definition) is 1. The van der Waals surface area contributed by atoms with E-state index in [9.17, 15) is 4.79 Å². The topological polar surface area (TPSA) is 55.6 Å². The molecule has 0 unspecified atom stereocenters. The van der Waals surface area contributed by atoms with Crippen molar-refractivity contribution in [2.75, 3.05) is 18.1 Å². The summed E-state index contributed by atoms with van der Waals surface area (Å²) < 4.78 is 5.33. The van der Waals surface area contributed by atoms with E-state index >= 15 is 0 Å². The molecule has 0 bridgehead atoms. The molecule has 0 aliphatic rings. The van der Waals surface area contributed by atoms with Gasteiger partial charge in [-0.25, -0.2) is 0 Å². The fourth-order valence-electron chi connectivity index (χ4n) is 1.90. The predicted molar refractivity (Wildman–Crippen MR) is 78.1 cm³/mol. The monoisotopic (exact) mass is 264 g/mol. The number of nitrogens with zero attached hydrogens (tertiary/aromatic N) is 1. The maximum atomic E-state index is 12.2. The number of carbonyl (C=O) groups excluding carboxylic acids is 1. The second kappa shape index (κ2) is 7.92. The summed E-state index contributed by atoms with van der Waals surface area (Å²) in [6.45, 7) is 7.27. The number of rotatable bonds is 7. The van der Waals surface area contributed by atoms with Gasteiger partial charge in [-0.05, 0) is 38.0 Å². The van der Waals surface area contributed by atoms with Crippen molar-refractivity contribution in [3.63, 3.8) is 0 Å². The summed E-state index contributed by atoms with van der Waals surface area (Å²) >= 11 is 0. The van der Waals surface area contributed by atoms with Crippen LogP contribution in [-0.4, -0.2) is 25.2 Å². The number of hydrogen-bond acceptors (Lipinski definition) is 3. The summed E-state index contributed by atoms with van der Waals surface area (Å²) in [6.07, 6.45) is 0.917. The van der Waals surface area contributed by atoms with E-state index < -0.39 is 0 Å². The number of nitrogens with two attached hydrogens (primary N) is 1. The Morgan fingerprint density at radius 2 is 1.95 bits per heavy atom. The van der Waals surface area contributed by atoms with Crippen molar-refractivity contribution in [1.82, 2.24) is 0 Å². The molecular weight excluding hydrogens is 240 g/mol. The molecule has 0 aliphatic carbocycles. The van der Waals surface area contributed by atoms with Crippen LogP contribution in [0, 0.1) is 0 Å². The molecule has 19 heavy (non-hydrogen) atoms. The molecule has 2 N–H and O–H groups in total. The quantitative estimate of drug-likeness (QED) is 0.769. The number of benzene rings is 1. The number of amides is 1. The normalized spacial score (nSPS) is 10.8. The number of anilines is 1. The van der Waals surface area contributed by atoms with Gasteiger partial charge < -0.3 is 15.4 Å². The molecule has 0 atom stereocenters. The third kappa shape index (κ3) is 4.65. The molecule has 0 spiro atoms. The molecule has 0 aliphatic heterocycles. The van der Waals surface area contributed by atoms with Gasteiger partial charge in [0.1, 0.15) is 6.61 Å². The van der Waals surface area contributed by atoms with Crippen LogP contribution in [0.5, 0.6) is 0 Å². The zero-order valence-corrected chi connectivity index (χ0v) is 12.1. The van der Waals surface area contributed by atoms with Crippen molar-refractivity contribution in [2.24, 2.45) is 5.73 Å². The second-order valence-electron chi connectivity index (χ2n) is 4.78. The Kier molecular flexibility index (Phi) is 6.53. The lowest BCUT2D eigenvalue weighted by Gasteiger charge is -2.27. The summed E-state index contributed by atoms with van der Waals surface area (Å²) in [4.78, 5) is 14.0. The Bertz CT molecular complexity index is 388. The first-order valence-electron chi connectivity index (χ1n) is 6.79. The van der Waals surface area contributed by atoms with Gasteiger partial charge in [-0.1, -0.05) is 19.1 Å².